The minimum absolute atomic E-state index is 0.310. The Morgan fingerprint density at radius 1 is 1.45 bits per heavy atom. The van der Waals surface area contributed by atoms with E-state index in [2.05, 4.69) is 15.1 Å². The van der Waals surface area contributed by atoms with Gasteiger partial charge in [0, 0.05) is 13.2 Å². The number of nitrogens with zero attached hydrogens (tertiary/aromatic N) is 5. The van der Waals surface area contributed by atoms with Crippen LogP contribution in [0.1, 0.15) is 29.4 Å². The maximum absolute atomic E-state index is 12.4. The average molecular weight is 277 g/mol. The number of aliphatic carboxylic acids is 1. The first kappa shape index (κ1) is 13.9. The molecule has 2 heterocycles. The van der Waals surface area contributed by atoms with Crippen molar-refractivity contribution >= 4 is 17.7 Å². The molecule has 0 saturated heterocycles. The first-order valence-corrected chi connectivity index (χ1v) is 6.12. The molecule has 2 aromatic heterocycles. The number of amides is 1. The van der Waals surface area contributed by atoms with Crippen LogP contribution in [0.2, 0.25) is 0 Å². The van der Waals surface area contributed by atoms with Crippen LogP contribution in [0.4, 0.5) is 0 Å². The smallest absolute Gasteiger partial charge is 0.326 e. The van der Waals surface area contributed by atoms with E-state index in [-0.39, 0.29) is 0 Å². The van der Waals surface area contributed by atoms with Crippen LogP contribution in [0.15, 0.2) is 12.5 Å². The molecule has 0 aliphatic rings. The summed E-state index contributed by atoms with van der Waals surface area (Å²) in [6.45, 7) is 3.43. The van der Waals surface area contributed by atoms with Crippen LogP contribution in [0, 0.1) is 6.92 Å². The average Bonchev–Trinajstić information content (AvgIpc) is 2.88. The number of hydrogen-bond donors (Lipinski definition) is 1. The number of likely N-dealkylation sites (N-methyl/N-ethyl adjacent to an activating group) is 1. The second-order valence-electron chi connectivity index (χ2n) is 4.41. The normalized spacial score (nSPS) is 12.3. The van der Waals surface area contributed by atoms with Crippen molar-refractivity contribution in [3.8, 4) is 0 Å². The van der Waals surface area contributed by atoms with Crippen molar-refractivity contribution in [2.75, 3.05) is 7.05 Å². The number of aryl methyl sites for hydroxylation is 1. The van der Waals surface area contributed by atoms with E-state index in [1.165, 1.54) is 29.0 Å². The summed E-state index contributed by atoms with van der Waals surface area (Å²) in [5.74, 6) is -1.04. The van der Waals surface area contributed by atoms with Gasteiger partial charge >= 0.3 is 5.97 Å². The molecule has 0 aliphatic carbocycles. The van der Waals surface area contributed by atoms with Crippen LogP contribution in [-0.4, -0.2) is 54.6 Å². The summed E-state index contributed by atoms with van der Waals surface area (Å²) in [6.07, 6.45) is 3.07. The third kappa shape index (κ3) is 2.20. The lowest BCUT2D eigenvalue weighted by atomic mass is 10.1. The molecule has 0 aliphatic heterocycles. The zero-order chi connectivity index (χ0) is 14.9. The Balaban J connectivity index is 2.40. The van der Waals surface area contributed by atoms with Gasteiger partial charge in [0.2, 0.25) is 0 Å². The van der Waals surface area contributed by atoms with Gasteiger partial charge in [-0.3, -0.25) is 4.79 Å². The van der Waals surface area contributed by atoms with Crippen molar-refractivity contribution in [3.63, 3.8) is 0 Å². The van der Waals surface area contributed by atoms with E-state index in [9.17, 15) is 9.59 Å². The molecule has 2 aromatic rings. The zero-order valence-corrected chi connectivity index (χ0v) is 11.4. The Labute approximate surface area is 115 Å². The highest BCUT2D eigenvalue weighted by atomic mass is 16.4. The molecule has 20 heavy (non-hydrogen) atoms. The van der Waals surface area contributed by atoms with Crippen LogP contribution in [0.3, 0.4) is 0 Å². The molecule has 0 radical (unpaired) electrons. The summed E-state index contributed by atoms with van der Waals surface area (Å²) in [7, 11) is 1.47. The van der Waals surface area contributed by atoms with Crippen molar-refractivity contribution < 1.29 is 14.7 Å². The molecule has 1 unspecified atom stereocenters. The van der Waals surface area contributed by atoms with E-state index in [0.717, 1.165) is 0 Å². The Hall–Kier alpha value is -2.51. The molecule has 0 saturated carbocycles. The molecule has 0 spiro atoms. The molecule has 8 nitrogen and oxygen atoms in total. The predicted molar refractivity (Wildman–Crippen MR) is 69.3 cm³/mol. The lowest BCUT2D eigenvalue weighted by Gasteiger charge is -2.24. The Kier molecular flexibility index (Phi) is 3.64. The topological polar surface area (TPSA) is 101 Å². The maximum Gasteiger partial charge on any atom is 0.326 e. The summed E-state index contributed by atoms with van der Waals surface area (Å²) >= 11 is 0. The van der Waals surface area contributed by atoms with E-state index in [1.54, 1.807) is 13.8 Å². The lowest BCUT2D eigenvalue weighted by molar-refractivity contribution is -0.142. The fourth-order valence-electron chi connectivity index (χ4n) is 2.05. The number of carboxylic acids is 1. The highest BCUT2D eigenvalue weighted by Gasteiger charge is 2.27. The van der Waals surface area contributed by atoms with Gasteiger partial charge in [-0.2, -0.15) is 10.1 Å². The van der Waals surface area contributed by atoms with E-state index in [0.29, 0.717) is 23.5 Å². The number of aromatic nitrogens is 4. The second-order valence-corrected chi connectivity index (χ2v) is 4.41. The minimum Gasteiger partial charge on any atom is -0.480 e. The highest BCUT2D eigenvalue weighted by molar-refractivity contribution is 5.97. The van der Waals surface area contributed by atoms with Crippen molar-refractivity contribution in [2.24, 2.45) is 0 Å². The Bertz CT molecular complexity index is 666. The van der Waals surface area contributed by atoms with Gasteiger partial charge in [0.05, 0.1) is 11.3 Å². The largest absolute Gasteiger partial charge is 0.480 e. The Morgan fingerprint density at radius 2 is 2.15 bits per heavy atom. The molecule has 2 rings (SSSR count). The fourth-order valence-corrected chi connectivity index (χ4v) is 2.05. The zero-order valence-electron chi connectivity index (χ0n) is 11.4. The predicted octanol–water partition coefficient (Wildman–Crippen LogP) is 0.368. The van der Waals surface area contributed by atoms with Crippen molar-refractivity contribution in [1.29, 1.82) is 0 Å². The number of carboxylic acid groups (broad SMARTS) is 1. The summed E-state index contributed by atoms with van der Waals surface area (Å²) in [5.41, 5.74) is 0.884. The van der Waals surface area contributed by atoms with E-state index in [4.69, 9.17) is 5.11 Å². The first-order chi connectivity index (χ1) is 9.47. The lowest BCUT2D eigenvalue weighted by Crippen LogP contribution is -2.42. The van der Waals surface area contributed by atoms with Crippen LogP contribution >= 0.6 is 0 Å². The van der Waals surface area contributed by atoms with Gasteiger partial charge in [0.15, 0.2) is 0 Å². The van der Waals surface area contributed by atoms with Gasteiger partial charge < -0.3 is 10.0 Å². The van der Waals surface area contributed by atoms with Crippen molar-refractivity contribution in [2.45, 2.75) is 26.3 Å². The van der Waals surface area contributed by atoms with E-state index >= 15 is 0 Å². The summed E-state index contributed by atoms with van der Waals surface area (Å²) in [5, 5.41) is 13.1. The fraction of sp³-hybridized carbons (Fsp3) is 0.417. The van der Waals surface area contributed by atoms with Crippen LogP contribution in [0.5, 0.6) is 0 Å². The molecule has 106 valence electrons. The molecule has 1 N–H and O–H groups in total. The van der Waals surface area contributed by atoms with Crippen molar-refractivity contribution in [3.05, 3.63) is 23.8 Å². The SMILES string of the molecule is CCC(C(=O)O)N(C)C(=O)c1cnc2ncnn2c1C. The standard InChI is InChI=1S/C12H15N5O3/c1-4-9(11(19)20)16(3)10(18)8-5-13-12-14-6-15-17(12)7(8)2/h5-6,9H,4H2,1-3H3,(H,19,20). The second kappa shape index (κ2) is 5.24. The molecular weight excluding hydrogens is 262 g/mol. The molecule has 0 fully saturated rings. The summed E-state index contributed by atoms with van der Waals surface area (Å²) < 4.78 is 1.45. The van der Waals surface area contributed by atoms with Gasteiger partial charge in [-0.05, 0) is 13.3 Å². The maximum atomic E-state index is 12.4. The van der Waals surface area contributed by atoms with Gasteiger partial charge in [0.25, 0.3) is 11.7 Å². The third-order valence-corrected chi connectivity index (χ3v) is 3.24. The molecule has 1 atom stereocenters. The molecular formula is C12H15N5O3. The number of rotatable bonds is 4. The third-order valence-electron chi connectivity index (χ3n) is 3.24. The minimum atomic E-state index is -1.03. The highest BCUT2D eigenvalue weighted by Crippen LogP contribution is 2.13. The summed E-state index contributed by atoms with van der Waals surface area (Å²) in [6, 6.07) is -0.867. The van der Waals surface area contributed by atoms with Gasteiger partial charge in [-0.1, -0.05) is 6.92 Å². The van der Waals surface area contributed by atoms with Crippen LogP contribution in [-0.2, 0) is 4.79 Å². The number of carbonyl (C=O) groups is 2. The van der Waals surface area contributed by atoms with Crippen LogP contribution < -0.4 is 0 Å². The van der Waals surface area contributed by atoms with Crippen molar-refractivity contribution in [1.82, 2.24) is 24.5 Å². The van der Waals surface area contributed by atoms with Gasteiger partial charge in [-0.25, -0.2) is 14.3 Å². The summed E-state index contributed by atoms with van der Waals surface area (Å²) in [4.78, 5) is 32.7. The first-order valence-electron chi connectivity index (χ1n) is 6.12. The number of hydrogen-bond acceptors (Lipinski definition) is 5. The molecule has 0 bridgehead atoms. The molecule has 0 aromatic carbocycles. The van der Waals surface area contributed by atoms with E-state index < -0.39 is 17.9 Å². The van der Waals surface area contributed by atoms with Gasteiger partial charge in [0.1, 0.15) is 12.4 Å². The quantitative estimate of drug-likeness (QED) is 0.866. The molecule has 1 amide bonds. The molecule has 8 heteroatoms. The van der Waals surface area contributed by atoms with E-state index in [1.807, 2.05) is 0 Å². The van der Waals surface area contributed by atoms with Gasteiger partial charge in [-0.15, -0.1) is 0 Å². The number of fused-ring (bicyclic) bond motifs is 1. The monoisotopic (exact) mass is 277 g/mol. The van der Waals surface area contributed by atoms with Crippen LogP contribution in [0.25, 0.3) is 5.78 Å². The Morgan fingerprint density at radius 3 is 2.75 bits per heavy atom. The number of carbonyl (C=O) groups excluding carboxylic acids is 1.